The first-order valence-electron chi connectivity index (χ1n) is 10.0. The van der Waals surface area contributed by atoms with Crippen LogP contribution in [0.3, 0.4) is 0 Å². The summed E-state index contributed by atoms with van der Waals surface area (Å²) in [5, 5.41) is 0. The lowest BCUT2D eigenvalue weighted by atomic mass is 10.1. The molecule has 0 aromatic heterocycles. The number of benzene rings is 2. The molecule has 0 atom stereocenters. The molecule has 2 aliphatic rings. The smallest absolute Gasteiger partial charge is 0.241 e. The van der Waals surface area contributed by atoms with E-state index in [1.54, 1.807) is 11.0 Å². The van der Waals surface area contributed by atoms with Crippen molar-refractivity contribution in [2.45, 2.75) is 6.54 Å². The lowest BCUT2D eigenvalue weighted by molar-refractivity contribution is -0.120. The fourth-order valence-corrected chi connectivity index (χ4v) is 3.77. The summed E-state index contributed by atoms with van der Waals surface area (Å²) in [6.07, 6.45) is 1.77. The fraction of sp³-hybridized carbons (Fsp3) is 0.348. The average molecular weight is 393 g/mol. The Bertz CT molecular complexity index is 848. The zero-order chi connectivity index (χ0) is 20.1. The van der Waals surface area contributed by atoms with E-state index in [1.165, 1.54) is 5.56 Å². The molecular weight excluding hydrogens is 366 g/mol. The van der Waals surface area contributed by atoms with Gasteiger partial charge in [-0.25, -0.2) is 0 Å². The van der Waals surface area contributed by atoms with Crippen molar-refractivity contribution in [3.8, 4) is 11.5 Å². The molecule has 6 nitrogen and oxygen atoms in total. The van der Waals surface area contributed by atoms with Crippen molar-refractivity contribution < 1.29 is 14.3 Å². The van der Waals surface area contributed by atoms with Crippen LogP contribution >= 0.6 is 0 Å². The molecule has 0 bridgehead atoms. The first kappa shape index (κ1) is 19.5. The maximum Gasteiger partial charge on any atom is 0.241 e. The van der Waals surface area contributed by atoms with Crippen LogP contribution in [-0.2, 0) is 11.3 Å². The van der Waals surface area contributed by atoms with E-state index in [2.05, 4.69) is 28.5 Å². The number of para-hydroxylation sites is 1. The maximum atomic E-state index is 12.9. The van der Waals surface area contributed by atoms with E-state index in [0.29, 0.717) is 19.9 Å². The van der Waals surface area contributed by atoms with Crippen LogP contribution in [0.2, 0.25) is 0 Å². The minimum absolute atomic E-state index is 0.111. The van der Waals surface area contributed by atoms with Crippen molar-refractivity contribution in [1.82, 2.24) is 9.80 Å². The van der Waals surface area contributed by atoms with E-state index >= 15 is 0 Å². The SMILES string of the molecule is C=CCN(C(=O)CN1CCN(Cc2ccc3c(c2)OCO3)CC1)c1ccccc1. The number of amides is 1. The van der Waals surface area contributed by atoms with Gasteiger partial charge >= 0.3 is 0 Å². The zero-order valence-corrected chi connectivity index (χ0v) is 16.6. The summed E-state index contributed by atoms with van der Waals surface area (Å²) in [4.78, 5) is 19.3. The second-order valence-corrected chi connectivity index (χ2v) is 7.37. The first-order chi connectivity index (χ1) is 14.2. The highest BCUT2D eigenvalue weighted by atomic mass is 16.7. The molecule has 4 rings (SSSR count). The van der Waals surface area contributed by atoms with Gasteiger partial charge in [-0.15, -0.1) is 6.58 Å². The minimum Gasteiger partial charge on any atom is -0.454 e. The van der Waals surface area contributed by atoms with Gasteiger partial charge < -0.3 is 14.4 Å². The van der Waals surface area contributed by atoms with E-state index in [0.717, 1.165) is 49.9 Å². The van der Waals surface area contributed by atoms with Crippen LogP contribution in [0.25, 0.3) is 0 Å². The number of carbonyl (C=O) groups excluding carboxylic acids is 1. The van der Waals surface area contributed by atoms with Crippen molar-refractivity contribution in [2.75, 3.05) is 51.0 Å². The van der Waals surface area contributed by atoms with Gasteiger partial charge in [0, 0.05) is 45.0 Å². The third-order valence-electron chi connectivity index (χ3n) is 5.35. The lowest BCUT2D eigenvalue weighted by Crippen LogP contribution is -2.49. The summed E-state index contributed by atoms with van der Waals surface area (Å²) in [7, 11) is 0. The van der Waals surface area contributed by atoms with Crippen molar-refractivity contribution in [3.63, 3.8) is 0 Å². The Morgan fingerprint density at radius 2 is 1.72 bits per heavy atom. The number of hydrogen-bond donors (Lipinski definition) is 0. The van der Waals surface area contributed by atoms with Crippen LogP contribution in [0, 0.1) is 0 Å². The first-order valence-corrected chi connectivity index (χ1v) is 10.0. The van der Waals surface area contributed by atoms with Crippen LogP contribution in [0.15, 0.2) is 61.2 Å². The van der Waals surface area contributed by atoms with Gasteiger partial charge in [-0.1, -0.05) is 30.3 Å². The normalized spacial score (nSPS) is 16.6. The van der Waals surface area contributed by atoms with Crippen LogP contribution in [-0.4, -0.2) is 61.8 Å². The molecule has 1 saturated heterocycles. The molecule has 2 heterocycles. The molecule has 2 aromatic carbocycles. The van der Waals surface area contributed by atoms with Crippen molar-refractivity contribution >= 4 is 11.6 Å². The van der Waals surface area contributed by atoms with Gasteiger partial charge in [-0.05, 0) is 29.8 Å². The Kier molecular flexibility index (Phi) is 6.12. The van der Waals surface area contributed by atoms with Crippen molar-refractivity contribution in [1.29, 1.82) is 0 Å². The van der Waals surface area contributed by atoms with Crippen molar-refractivity contribution in [3.05, 3.63) is 66.7 Å². The molecule has 1 fully saturated rings. The number of fused-ring (bicyclic) bond motifs is 1. The van der Waals surface area contributed by atoms with E-state index < -0.39 is 0 Å². The predicted octanol–water partition coefficient (Wildman–Crippen LogP) is 2.75. The van der Waals surface area contributed by atoms with Crippen LogP contribution < -0.4 is 14.4 Å². The molecule has 0 unspecified atom stereocenters. The third-order valence-corrected chi connectivity index (χ3v) is 5.35. The quantitative estimate of drug-likeness (QED) is 0.677. The van der Waals surface area contributed by atoms with E-state index in [1.807, 2.05) is 36.4 Å². The molecule has 2 aliphatic heterocycles. The number of anilines is 1. The summed E-state index contributed by atoms with van der Waals surface area (Å²) in [5.74, 6) is 1.76. The highest BCUT2D eigenvalue weighted by Gasteiger charge is 2.23. The summed E-state index contributed by atoms with van der Waals surface area (Å²) in [5.41, 5.74) is 2.14. The molecule has 152 valence electrons. The number of rotatable bonds is 7. The Morgan fingerprint density at radius 1 is 1.00 bits per heavy atom. The second kappa shape index (κ2) is 9.11. The number of ether oxygens (including phenoxy) is 2. The Balaban J connectivity index is 1.29. The largest absolute Gasteiger partial charge is 0.454 e. The average Bonchev–Trinajstić information content (AvgIpc) is 3.22. The topological polar surface area (TPSA) is 45.3 Å². The standard InChI is InChI=1S/C23H27N3O3/c1-2-10-26(20-6-4-3-5-7-20)23(27)17-25-13-11-24(12-14-25)16-19-8-9-21-22(15-19)29-18-28-21/h2-9,15H,1,10-14,16-18H2. The van der Waals surface area contributed by atoms with Crippen LogP contribution in [0.4, 0.5) is 5.69 Å². The van der Waals surface area contributed by atoms with Gasteiger partial charge in [0.25, 0.3) is 0 Å². The molecule has 0 radical (unpaired) electrons. The van der Waals surface area contributed by atoms with Gasteiger partial charge in [0.2, 0.25) is 12.7 Å². The molecule has 0 spiro atoms. The van der Waals surface area contributed by atoms with E-state index in [-0.39, 0.29) is 5.91 Å². The van der Waals surface area contributed by atoms with Gasteiger partial charge in [-0.3, -0.25) is 14.6 Å². The molecular formula is C23H27N3O3. The molecule has 6 heteroatoms. The second-order valence-electron chi connectivity index (χ2n) is 7.37. The molecule has 0 saturated carbocycles. The molecule has 0 N–H and O–H groups in total. The lowest BCUT2D eigenvalue weighted by Gasteiger charge is -2.35. The summed E-state index contributed by atoms with van der Waals surface area (Å²) < 4.78 is 10.8. The monoisotopic (exact) mass is 393 g/mol. The number of nitrogens with zero attached hydrogens (tertiary/aromatic N) is 3. The summed E-state index contributed by atoms with van der Waals surface area (Å²) in [6.45, 7) is 9.57. The van der Waals surface area contributed by atoms with Gasteiger partial charge in [-0.2, -0.15) is 0 Å². The van der Waals surface area contributed by atoms with E-state index in [4.69, 9.17) is 9.47 Å². The Morgan fingerprint density at radius 3 is 2.48 bits per heavy atom. The van der Waals surface area contributed by atoms with E-state index in [9.17, 15) is 4.79 Å². The number of piperazine rings is 1. The van der Waals surface area contributed by atoms with Crippen molar-refractivity contribution in [2.24, 2.45) is 0 Å². The van der Waals surface area contributed by atoms with Gasteiger partial charge in [0.15, 0.2) is 11.5 Å². The maximum absolute atomic E-state index is 12.9. The highest BCUT2D eigenvalue weighted by Crippen LogP contribution is 2.32. The third kappa shape index (κ3) is 4.78. The van der Waals surface area contributed by atoms with Crippen LogP contribution in [0.1, 0.15) is 5.56 Å². The molecule has 0 aliphatic carbocycles. The zero-order valence-electron chi connectivity index (χ0n) is 16.6. The number of hydrogen-bond acceptors (Lipinski definition) is 5. The van der Waals surface area contributed by atoms with Crippen LogP contribution in [0.5, 0.6) is 11.5 Å². The highest BCUT2D eigenvalue weighted by molar-refractivity contribution is 5.95. The summed E-state index contributed by atoms with van der Waals surface area (Å²) in [6, 6.07) is 15.9. The Hall–Kier alpha value is -2.83. The number of carbonyl (C=O) groups is 1. The molecule has 2 aromatic rings. The Labute approximate surface area is 171 Å². The minimum atomic E-state index is 0.111. The predicted molar refractivity (Wildman–Crippen MR) is 113 cm³/mol. The summed E-state index contributed by atoms with van der Waals surface area (Å²) >= 11 is 0. The molecule has 1 amide bonds. The molecule has 29 heavy (non-hydrogen) atoms. The van der Waals surface area contributed by atoms with Gasteiger partial charge in [0.1, 0.15) is 0 Å². The fourth-order valence-electron chi connectivity index (χ4n) is 3.77. The van der Waals surface area contributed by atoms with Gasteiger partial charge in [0.05, 0.1) is 6.54 Å².